The molecule has 8 rings (SSSR count). The van der Waals surface area contributed by atoms with Crippen LogP contribution < -0.4 is 26.6 Å². The van der Waals surface area contributed by atoms with Crippen LogP contribution in [0.2, 0.25) is 0 Å². The third-order valence-corrected chi connectivity index (χ3v) is 20.4. The predicted octanol–water partition coefficient (Wildman–Crippen LogP) is 6.49. The van der Waals surface area contributed by atoms with Gasteiger partial charge in [0.25, 0.3) is 0 Å². The fourth-order valence-electron chi connectivity index (χ4n) is 10.5. The van der Waals surface area contributed by atoms with Crippen LogP contribution in [0.1, 0.15) is 121 Å². The monoisotopic (exact) mass is 1250 g/mol. The Labute approximate surface area is 511 Å². The van der Waals surface area contributed by atoms with Crippen LogP contribution in [0.4, 0.5) is 4.79 Å². The van der Waals surface area contributed by atoms with Crippen molar-refractivity contribution in [3.8, 4) is 5.75 Å². The highest BCUT2D eigenvalue weighted by molar-refractivity contribution is 8.00. The average Bonchev–Trinajstić information content (AvgIpc) is 2.16. The summed E-state index contributed by atoms with van der Waals surface area (Å²) < 4.78 is 58.4. The maximum absolute atomic E-state index is 14.4. The molecule has 5 aromatic carbocycles. The second-order valence-corrected chi connectivity index (χ2v) is 27.6. The van der Waals surface area contributed by atoms with Crippen molar-refractivity contribution in [1.29, 1.82) is 0 Å². The van der Waals surface area contributed by atoms with E-state index in [2.05, 4.69) is 36.9 Å². The second-order valence-electron chi connectivity index (χ2n) is 22.4. The molecule has 1 aromatic heterocycles. The molecule has 5 amide bonds. The molecule has 462 valence electrons. The van der Waals surface area contributed by atoms with E-state index in [4.69, 9.17) is 0 Å². The van der Waals surface area contributed by atoms with Crippen molar-refractivity contribution in [2.45, 2.75) is 142 Å². The number of phenolic OH excluding ortho intramolecular Hbond substituents is 1. The number of carbonyl (C=O) groups excluding carboxylic acids is 6. The number of Topliss-reactive ketones (excluding diaryl/α,β-unsaturated/α-hetero) is 1. The molecule has 0 spiro atoms. The van der Waals surface area contributed by atoms with Gasteiger partial charge in [0.15, 0.2) is 11.6 Å². The lowest BCUT2D eigenvalue weighted by molar-refractivity contribution is -0.129. The average molecular weight is 1250 g/mol. The van der Waals surface area contributed by atoms with Crippen LogP contribution in [0.15, 0.2) is 148 Å². The van der Waals surface area contributed by atoms with Crippen molar-refractivity contribution < 1.29 is 55.8 Å². The molecule has 1 unspecified atom stereocenters. The molecule has 0 aliphatic carbocycles. The molecule has 2 fully saturated rings. The molecule has 0 radical (unpaired) electrons. The number of nitrogens with one attached hydrogen (secondary N) is 5. The highest BCUT2D eigenvalue weighted by Gasteiger charge is 2.42. The molecular weight excluding hydrogens is 1170 g/mol. The third-order valence-electron chi connectivity index (χ3n) is 15.3. The fourth-order valence-corrected chi connectivity index (χ4v) is 15.0. The number of nitrogens with zero attached hydrogens (tertiary/aromatic N) is 4. The number of unbranched alkanes of at least 4 members (excludes halogenated alkanes) is 3. The van der Waals surface area contributed by atoms with E-state index in [1.54, 1.807) is 60.7 Å². The first-order chi connectivity index (χ1) is 41.6. The normalized spacial score (nSPS) is 16.8. The molecule has 21 nitrogen and oxygen atoms in total. The molecule has 2 aliphatic heterocycles. The third kappa shape index (κ3) is 17.9. The van der Waals surface area contributed by atoms with Crippen molar-refractivity contribution in [2.75, 3.05) is 25.4 Å². The molecule has 6 aromatic rings. The quantitative estimate of drug-likeness (QED) is 0.0135. The zero-order valence-electron chi connectivity index (χ0n) is 48.8. The zero-order valence-corrected chi connectivity index (χ0v) is 51.3. The van der Waals surface area contributed by atoms with Crippen molar-refractivity contribution in [3.63, 3.8) is 0 Å². The first-order valence-corrected chi connectivity index (χ1v) is 33.2. The number of hydrogen-bond acceptors (Lipinski definition) is 15. The molecule has 24 heteroatoms. The van der Waals surface area contributed by atoms with Gasteiger partial charge in [0, 0.05) is 66.6 Å². The number of aliphatic hydroxyl groups is 1. The summed E-state index contributed by atoms with van der Waals surface area (Å²) in [6, 6.07) is 30.3. The molecule has 3 heterocycles. The summed E-state index contributed by atoms with van der Waals surface area (Å²) in [5.41, 5.74) is 2.90. The summed E-state index contributed by atoms with van der Waals surface area (Å²) in [7, 11) is -8.46. The number of fused-ring (bicyclic) bond motifs is 1. The predicted molar refractivity (Wildman–Crippen MR) is 328 cm³/mol. The van der Waals surface area contributed by atoms with Crippen LogP contribution in [-0.2, 0) is 53.6 Å². The van der Waals surface area contributed by atoms with E-state index in [0.717, 1.165) is 29.3 Å². The summed E-state index contributed by atoms with van der Waals surface area (Å²) in [6.45, 7) is 4.84. The van der Waals surface area contributed by atoms with Crippen LogP contribution in [0.5, 0.6) is 5.75 Å². The fraction of sp³-hybridized carbons (Fsp3) is 0.397. The Morgan fingerprint density at radius 3 is 2.00 bits per heavy atom. The first-order valence-electron chi connectivity index (χ1n) is 29.2. The minimum atomic E-state index is -4.37. The molecular formula is C63H75N9O12S3. The number of phenols is 1. The van der Waals surface area contributed by atoms with Gasteiger partial charge in [0.2, 0.25) is 37.6 Å². The van der Waals surface area contributed by atoms with Gasteiger partial charge in [-0.15, -0.1) is 5.10 Å². The van der Waals surface area contributed by atoms with Gasteiger partial charge in [0.1, 0.15) is 17.5 Å². The minimum absolute atomic E-state index is 0.00657. The number of aromatic hydroxyl groups is 1. The highest BCUT2D eigenvalue weighted by Crippen LogP contribution is 2.33. The number of ketones is 2. The second kappa shape index (κ2) is 30.2. The van der Waals surface area contributed by atoms with Crippen molar-refractivity contribution in [2.24, 2.45) is 5.92 Å². The van der Waals surface area contributed by atoms with Gasteiger partial charge in [-0.3, -0.25) is 24.0 Å². The highest BCUT2D eigenvalue weighted by atomic mass is 32.2. The molecule has 0 bridgehead atoms. The lowest BCUT2D eigenvalue weighted by Crippen LogP contribution is -2.47. The van der Waals surface area contributed by atoms with E-state index < -0.39 is 50.5 Å². The van der Waals surface area contributed by atoms with Crippen LogP contribution in [0.3, 0.4) is 0 Å². The van der Waals surface area contributed by atoms with Crippen LogP contribution in [0.25, 0.3) is 0 Å². The van der Waals surface area contributed by atoms with E-state index in [0.29, 0.717) is 65.3 Å². The Morgan fingerprint density at radius 2 is 1.32 bits per heavy atom. The number of sulfone groups is 1. The van der Waals surface area contributed by atoms with E-state index in [-0.39, 0.29) is 106 Å². The Hall–Kier alpha value is -7.77. The van der Waals surface area contributed by atoms with Gasteiger partial charge in [-0.25, -0.2) is 26.3 Å². The lowest BCUT2D eigenvalue weighted by atomic mass is 9.99. The number of benzene rings is 5. The number of rotatable bonds is 32. The number of urea groups is 1. The van der Waals surface area contributed by atoms with Crippen molar-refractivity contribution >= 4 is 66.9 Å². The van der Waals surface area contributed by atoms with Crippen LogP contribution in [0, 0.1) is 5.92 Å². The summed E-state index contributed by atoms with van der Waals surface area (Å²) in [4.78, 5) is 76.5. The number of thioether (sulfide) groups is 1. The summed E-state index contributed by atoms with van der Waals surface area (Å²) in [5, 5.41) is 45.9. The van der Waals surface area contributed by atoms with Gasteiger partial charge in [-0.05, 0) is 105 Å². The van der Waals surface area contributed by atoms with Gasteiger partial charge in [-0.1, -0.05) is 111 Å². The smallest absolute Gasteiger partial charge is 0.315 e. The van der Waals surface area contributed by atoms with Gasteiger partial charge >= 0.3 is 6.03 Å². The van der Waals surface area contributed by atoms with Crippen LogP contribution >= 0.6 is 11.8 Å². The molecule has 7 N–H and O–H groups in total. The molecule has 87 heavy (non-hydrogen) atoms. The number of aliphatic hydroxyl groups excluding tert-OH is 1. The number of hydrogen-bond donors (Lipinski definition) is 7. The van der Waals surface area contributed by atoms with Gasteiger partial charge in [-0.2, -0.15) is 16.1 Å². The molecule has 6 atom stereocenters. The van der Waals surface area contributed by atoms with E-state index in [1.807, 2.05) is 31.7 Å². The molecule has 0 saturated carbocycles. The Kier molecular flexibility index (Phi) is 22.7. The lowest BCUT2D eigenvalue weighted by Gasteiger charge is -2.30. The van der Waals surface area contributed by atoms with Crippen molar-refractivity contribution in [1.82, 2.24) is 45.9 Å². The standard InChI is InChI=1S/C63H75N9O12S3/c1-41(2)37-71(87(83,84)52-31-29-51(30-32-52)86(81,82)50-27-23-45(24-28-50)42(3)73)39-56(75)55(35-44-19-25-49(74)26-20-44)72-38-48(69-70-72)36-65-62(79)53(34-43-17-21-47(22-18-43)61(78)46-12-6-4-7-13-46)66-59(77)16-8-5-11-33-64-58(76)15-10-9-14-57-60-54(40-85-57)67-63(80)68-60/h4,6-7,12-13,17-32,38,41,53-57,60,74-75H,5,8-11,14-16,33-37,39-40H2,1-3H3,(H,64,76)(H,65,79)(H,66,77)(H2,67,68,80)/t53-,54-,55-,56?,57-,60-/m0/s1. The largest absolute Gasteiger partial charge is 0.508 e. The maximum Gasteiger partial charge on any atom is 0.315 e. The summed E-state index contributed by atoms with van der Waals surface area (Å²) >= 11 is 1.85. The summed E-state index contributed by atoms with van der Waals surface area (Å²) in [5.74, 6) is -0.657. The molecule has 2 saturated heterocycles. The SMILES string of the molecule is CC(=O)c1ccc(S(=O)(=O)c2ccc(S(=O)(=O)N(CC(C)C)CC(O)[C@H](Cc3ccc(O)cc3)n3cc(CNC(=O)[C@H](Cc4ccc(C(=O)c5ccccc5)cc4)NC(=O)CCCCCNC(=O)CCCC[C@@H]4SC[C@@H]5NC(=O)N[C@@H]54)nn3)cc2)cc1. The molecule has 2 aliphatic rings. The maximum atomic E-state index is 14.4. The van der Waals surface area contributed by atoms with E-state index >= 15 is 0 Å². The number of aromatic nitrogens is 3. The minimum Gasteiger partial charge on any atom is -0.508 e. The van der Waals surface area contributed by atoms with E-state index in [1.165, 1.54) is 78.5 Å². The number of carbonyl (C=O) groups is 6. The van der Waals surface area contributed by atoms with E-state index in [9.17, 15) is 55.8 Å². The van der Waals surface area contributed by atoms with Crippen LogP contribution in [-0.4, -0.2) is 137 Å². The van der Waals surface area contributed by atoms with Crippen molar-refractivity contribution in [3.05, 3.63) is 167 Å². The number of amides is 5. The Morgan fingerprint density at radius 1 is 0.713 bits per heavy atom. The Bertz CT molecular complexity index is 3570. The first kappa shape index (κ1) is 65.2. The Balaban J connectivity index is 0.899. The van der Waals surface area contributed by atoms with Gasteiger partial charge in [0.05, 0.1) is 51.7 Å². The topological polar surface area (TPSA) is 305 Å². The zero-order chi connectivity index (χ0) is 62.3. The summed E-state index contributed by atoms with van der Waals surface area (Å²) in [6.07, 6.45) is 5.13. The number of sulfonamides is 1. The van der Waals surface area contributed by atoms with Gasteiger partial charge < -0.3 is 36.8 Å².